The van der Waals surface area contributed by atoms with Gasteiger partial charge in [-0.1, -0.05) is 30.0 Å². The van der Waals surface area contributed by atoms with Crippen molar-refractivity contribution in [1.29, 1.82) is 0 Å². The van der Waals surface area contributed by atoms with Crippen LogP contribution in [0, 0.1) is 11.8 Å². The summed E-state index contributed by atoms with van der Waals surface area (Å²) >= 11 is 0. The zero-order valence-electron chi connectivity index (χ0n) is 15.0. The molecule has 0 saturated carbocycles. The number of hydrogen-bond acceptors (Lipinski definition) is 2. The first-order valence-electron chi connectivity index (χ1n) is 9.50. The lowest BCUT2D eigenvalue weighted by molar-refractivity contribution is 0.0489. The predicted molar refractivity (Wildman–Crippen MR) is 104 cm³/mol. The normalized spacial score (nSPS) is 17.9. The second-order valence-corrected chi connectivity index (χ2v) is 7.11. The van der Waals surface area contributed by atoms with E-state index in [4.69, 9.17) is 0 Å². The molecule has 2 aromatic carbocycles. The fraction of sp³-hybridized carbons (Fsp3) is 0.348. The van der Waals surface area contributed by atoms with E-state index in [2.05, 4.69) is 16.7 Å². The SMILES string of the molecule is O=C(c1ccc(C#Cc2ccccc2)cc1)N1CCC(N2CCC2)CC1. The molecule has 0 aliphatic carbocycles. The van der Waals surface area contributed by atoms with Crippen LogP contribution >= 0.6 is 0 Å². The summed E-state index contributed by atoms with van der Waals surface area (Å²) in [5.74, 6) is 6.45. The van der Waals surface area contributed by atoms with Crippen LogP contribution in [0.3, 0.4) is 0 Å². The van der Waals surface area contributed by atoms with Gasteiger partial charge in [-0.2, -0.15) is 0 Å². The summed E-state index contributed by atoms with van der Waals surface area (Å²) in [5.41, 5.74) is 2.69. The Morgan fingerprint density at radius 1 is 0.808 bits per heavy atom. The van der Waals surface area contributed by atoms with Crippen LogP contribution in [0.4, 0.5) is 0 Å². The fourth-order valence-electron chi connectivity index (χ4n) is 3.68. The Bertz CT molecular complexity index is 805. The van der Waals surface area contributed by atoms with Gasteiger partial charge >= 0.3 is 0 Å². The number of carbonyl (C=O) groups is 1. The number of piperidine rings is 1. The molecule has 0 atom stereocenters. The topological polar surface area (TPSA) is 23.6 Å². The Hall–Kier alpha value is -2.57. The molecular formula is C23H24N2O. The molecule has 26 heavy (non-hydrogen) atoms. The zero-order chi connectivity index (χ0) is 17.8. The number of amides is 1. The maximum absolute atomic E-state index is 12.7. The third kappa shape index (κ3) is 3.81. The minimum atomic E-state index is 0.148. The summed E-state index contributed by atoms with van der Waals surface area (Å²) in [6, 6.07) is 18.3. The van der Waals surface area contributed by atoms with Gasteiger partial charge in [0, 0.05) is 35.8 Å². The van der Waals surface area contributed by atoms with E-state index in [0.717, 1.165) is 42.6 Å². The lowest BCUT2D eigenvalue weighted by Gasteiger charge is -2.43. The molecule has 2 fully saturated rings. The van der Waals surface area contributed by atoms with Crippen LogP contribution in [0.25, 0.3) is 0 Å². The van der Waals surface area contributed by atoms with Gasteiger partial charge in [-0.15, -0.1) is 0 Å². The molecule has 2 aliphatic heterocycles. The molecule has 0 unspecified atom stereocenters. The average molecular weight is 344 g/mol. The number of benzene rings is 2. The van der Waals surface area contributed by atoms with Crippen LogP contribution in [0.1, 0.15) is 40.7 Å². The molecule has 0 aromatic heterocycles. The highest BCUT2D eigenvalue weighted by Crippen LogP contribution is 2.22. The number of rotatable bonds is 2. The molecule has 3 heteroatoms. The van der Waals surface area contributed by atoms with Gasteiger partial charge in [-0.3, -0.25) is 4.79 Å². The largest absolute Gasteiger partial charge is 0.339 e. The van der Waals surface area contributed by atoms with Gasteiger partial charge in [0.15, 0.2) is 0 Å². The van der Waals surface area contributed by atoms with Crippen LogP contribution in [0.15, 0.2) is 54.6 Å². The van der Waals surface area contributed by atoms with Gasteiger partial charge in [0.1, 0.15) is 0 Å². The highest BCUT2D eigenvalue weighted by molar-refractivity contribution is 5.94. The lowest BCUT2D eigenvalue weighted by Crippen LogP contribution is -2.51. The maximum Gasteiger partial charge on any atom is 0.253 e. The van der Waals surface area contributed by atoms with Crippen LogP contribution in [0.2, 0.25) is 0 Å². The monoisotopic (exact) mass is 344 g/mol. The third-order valence-electron chi connectivity index (χ3n) is 5.42. The Labute approximate surface area is 155 Å². The van der Waals surface area contributed by atoms with Crippen LogP contribution in [-0.2, 0) is 0 Å². The van der Waals surface area contributed by atoms with E-state index in [1.807, 2.05) is 59.5 Å². The Morgan fingerprint density at radius 2 is 1.42 bits per heavy atom. The molecule has 3 nitrogen and oxygen atoms in total. The van der Waals surface area contributed by atoms with Crippen molar-refractivity contribution in [2.75, 3.05) is 26.2 Å². The van der Waals surface area contributed by atoms with Gasteiger partial charge in [-0.05, 0) is 68.8 Å². The quantitative estimate of drug-likeness (QED) is 0.780. The lowest BCUT2D eigenvalue weighted by atomic mass is 9.99. The molecular weight excluding hydrogens is 320 g/mol. The van der Waals surface area contributed by atoms with E-state index in [1.54, 1.807) is 0 Å². The zero-order valence-corrected chi connectivity index (χ0v) is 15.0. The molecule has 2 saturated heterocycles. The number of hydrogen-bond donors (Lipinski definition) is 0. The molecule has 0 N–H and O–H groups in total. The van der Waals surface area contributed by atoms with Crippen molar-refractivity contribution in [3.8, 4) is 11.8 Å². The van der Waals surface area contributed by atoms with Crippen molar-refractivity contribution >= 4 is 5.91 Å². The molecule has 2 aliphatic rings. The van der Waals surface area contributed by atoms with Gasteiger partial charge in [0.05, 0.1) is 0 Å². The van der Waals surface area contributed by atoms with Gasteiger partial charge < -0.3 is 9.80 Å². The molecule has 0 bridgehead atoms. The van der Waals surface area contributed by atoms with Gasteiger partial charge in [0.25, 0.3) is 5.91 Å². The number of nitrogens with zero attached hydrogens (tertiary/aromatic N) is 2. The molecule has 1 amide bonds. The highest BCUT2D eigenvalue weighted by atomic mass is 16.2. The van der Waals surface area contributed by atoms with Crippen molar-refractivity contribution in [2.45, 2.75) is 25.3 Å². The summed E-state index contributed by atoms with van der Waals surface area (Å²) in [6.07, 6.45) is 3.54. The van der Waals surface area contributed by atoms with Crippen molar-refractivity contribution in [3.63, 3.8) is 0 Å². The molecule has 4 rings (SSSR count). The Balaban J connectivity index is 1.36. The molecule has 2 aromatic rings. The van der Waals surface area contributed by atoms with E-state index >= 15 is 0 Å². The van der Waals surface area contributed by atoms with Gasteiger partial charge in [-0.25, -0.2) is 0 Å². The summed E-state index contributed by atoms with van der Waals surface area (Å²) in [6.45, 7) is 4.22. The van der Waals surface area contributed by atoms with Crippen molar-refractivity contribution in [2.24, 2.45) is 0 Å². The van der Waals surface area contributed by atoms with E-state index < -0.39 is 0 Å². The minimum absolute atomic E-state index is 0.148. The van der Waals surface area contributed by atoms with E-state index in [9.17, 15) is 4.79 Å². The van der Waals surface area contributed by atoms with E-state index in [0.29, 0.717) is 6.04 Å². The Kier molecular flexibility index (Phi) is 5.04. The number of carbonyl (C=O) groups excluding carboxylic acids is 1. The first kappa shape index (κ1) is 16.9. The summed E-state index contributed by atoms with van der Waals surface area (Å²) < 4.78 is 0. The average Bonchev–Trinajstić information content (AvgIpc) is 2.66. The van der Waals surface area contributed by atoms with E-state index in [-0.39, 0.29) is 5.91 Å². The summed E-state index contributed by atoms with van der Waals surface area (Å²) in [4.78, 5) is 17.3. The second kappa shape index (κ2) is 7.76. The number of likely N-dealkylation sites (tertiary alicyclic amines) is 2. The molecule has 2 heterocycles. The summed E-state index contributed by atoms with van der Waals surface area (Å²) in [7, 11) is 0. The Morgan fingerprint density at radius 3 is 2.00 bits per heavy atom. The highest BCUT2D eigenvalue weighted by Gasteiger charge is 2.29. The van der Waals surface area contributed by atoms with Crippen LogP contribution in [0.5, 0.6) is 0 Å². The maximum atomic E-state index is 12.7. The third-order valence-corrected chi connectivity index (χ3v) is 5.42. The standard InChI is InChI=1S/C23H24N2O/c26-23(25-17-13-22(14-18-25)24-15-4-16-24)21-11-9-20(10-12-21)8-7-19-5-2-1-3-6-19/h1-3,5-6,9-12,22H,4,13-18H2. The van der Waals surface area contributed by atoms with Crippen molar-refractivity contribution < 1.29 is 4.79 Å². The molecule has 0 radical (unpaired) electrons. The van der Waals surface area contributed by atoms with Crippen molar-refractivity contribution in [3.05, 3.63) is 71.3 Å². The minimum Gasteiger partial charge on any atom is -0.339 e. The first-order chi connectivity index (χ1) is 12.8. The van der Waals surface area contributed by atoms with Crippen LogP contribution in [-0.4, -0.2) is 47.9 Å². The molecule has 0 spiro atoms. The smallest absolute Gasteiger partial charge is 0.253 e. The van der Waals surface area contributed by atoms with Crippen LogP contribution < -0.4 is 0 Å². The van der Waals surface area contributed by atoms with Gasteiger partial charge in [0.2, 0.25) is 0 Å². The predicted octanol–water partition coefficient (Wildman–Crippen LogP) is 3.40. The first-order valence-corrected chi connectivity index (χ1v) is 9.50. The molecule has 132 valence electrons. The fourth-order valence-corrected chi connectivity index (χ4v) is 3.68. The van der Waals surface area contributed by atoms with Crippen molar-refractivity contribution in [1.82, 2.24) is 9.80 Å². The van der Waals surface area contributed by atoms with E-state index in [1.165, 1.54) is 19.5 Å². The second-order valence-electron chi connectivity index (χ2n) is 7.11. The summed E-state index contributed by atoms with van der Waals surface area (Å²) in [5, 5.41) is 0.